The van der Waals surface area contributed by atoms with Gasteiger partial charge in [-0.2, -0.15) is 0 Å². The second-order valence-corrected chi connectivity index (χ2v) is 12.2. The molecule has 1 saturated carbocycles. The van der Waals surface area contributed by atoms with Crippen molar-refractivity contribution in [1.29, 1.82) is 0 Å². The first kappa shape index (κ1) is 27.2. The summed E-state index contributed by atoms with van der Waals surface area (Å²) < 4.78 is 11.5. The fourth-order valence-electron chi connectivity index (χ4n) is 5.71. The lowest BCUT2D eigenvalue weighted by molar-refractivity contribution is -0.137. The van der Waals surface area contributed by atoms with Crippen LogP contribution in [0.5, 0.6) is 5.75 Å². The normalized spacial score (nSPS) is 21.9. The number of fused-ring (bicyclic) bond motifs is 1. The Morgan fingerprint density at radius 2 is 1.70 bits per heavy atom. The molecule has 0 saturated heterocycles. The van der Waals surface area contributed by atoms with E-state index < -0.39 is 0 Å². The van der Waals surface area contributed by atoms with Crippen LogP contribution in [0, 0.1) is 5.92 Å². The molecule has 4 rings (SSSR count). The van der Waals surface area contributed by atoms with Gasteiger partial charge in [0.05, 0.1) is 6.61 Å². The van der Waals surface area contributed by atoms with Crippen molar-refractivity contribution in [1.82, 2.24) is 0 Å². The van der Waals surface area contributed by atoms with Gasteiger partial charge in [0.15, 0.2) is 0 Å². The van der Waals surface area contributed by atoms with Crippen molar-refractivity contribution < 1.29 is 14.3 Å². The minimum Gasteiger partial charge on any atom is -0.489 e. The lowest BCUT2D eigenvalue weighted by atomic mass is 9.62. The van der Waals surface area contributed by atoms with E-state index >= 15 is 0 Å². The van der Waals surface area contributed by atoms with Gasteiger partial charge in [-0.25, -0.2) is 4.79 Å². The number of allylic oxidation sites excluding steroid dienone is 3. The van der Waals surface area contributed by atoms with Crippen LogP contribution in [0.3, 0.4) is 0 Å². The summed E-state index contributed by atoms with van der Waals surface area (Å²) in [4.78, 5) is 11.6. The van der Waals surface area contributed by atoms with Gasteiger partial charge in [0.25, 0.3) is 0 Å². The molecule has 0 spiro atoms. The standard InChI is InChI=1S/C34H44O3/c1-7-36-32(35)19-24(2)13-11-12-16-26-20-27(26)28-21-29-30(34(5,6)18-17-33(29,3)4)22-31(28)37-23-25-14-9-8-10-15-25/h8-11,13-15,19,21-22,26-27H,7,12,16-18,20,23H2,1-6H3. The number of hydrogen-bond donors (Lipinski definition) is 0. The van der Waals surface area contributed by atoms with Crippen molar-refractivity contribution in [2.75, 3.05) is 6.61 Å². The molecule has 2 aliphatic rings. The highest BCUT2D eigenvalue weighted by Crippen LogP contribution is 2.56. The molecule has 2 aromatic carbocycles. The van der Waals surface area contributed by atoms with Gasteiger partial charge < -0.3 is 9.47 Å². The van der Waals surface area contributed by atoms with E-state index in [1.807, 2.05) is 19.9 Å². The zero-order chi connectivity index (χ0) is 26.6. The van der Waals surface area contributed by atoms with E-state index in [9.17, 15) is 4.79 Å². The second kappa shape index (κ2) is 11.3. The van der Waals surface area contributed by atoms with Crippen LogP contribution in [0.25, 0.3) is 0 Å². The number of benzene rings is 2. The molecule has 2 unspecified atom stereocenters. The lowest BCUT2D eigenvalue weighted by Gasteiger charge is -2.42. The number of carbonyl (C=O) groups is 1. The van der Waals surface area contributed by atoms with Crippen LogP contribution in [-0.2, 0) is 27.0 Å². The third kappa shape index (κ3) is 6.74. The van der Waals surface area contributed by atoms with Crippen molar-refractivity contribution in [3.63, 3.8) is 0 Å². The van der Waals surface area contributed by atoms with E-state index in [4.69, 9.17) is 9.47 Å². The Morgan fingerprint density at radius 3 is 2.38 bits per heavy atom. The number of carbonyl (C=O) groups excluding carboxylic acids is 1. The van der Waals surface area contributed by atoms with Gasteiger partial charge in [0.1, 0.15) is 12.4 Å². The predicted octanol–water partition coefficient (Wildman–Crippen LogP) is 8.56. The first-order valence-corrected chi connectivity index (χ1v) is 14.0. The van der Waals surface area contributed by atoms with E-state index in [2.05, 4.69) is 76.2 Å². The molecule has 1 fully saturated rings. The molecule has 2 aliphatic carbocycles. The van der Waals surface area contributed by atoms with Crippen LogP contribution in [0.15, 0.2) is 66.3 Å². The van der Waals surface area contributed by atoms with Gasteiger partial charge in [0, 0.05) is 6.08 Å². The summed E-state index contributed by atoms with van der Waals surface area (Å²) in [5, 5.41) is 0. The highest BCUT2D eigenvalue weighted by Gasteiger charge is 2.43. The average Bonchev–Trinajstić information content (AvgIpc) is 3.63. The molecule has 0 heterocycles. The Labute approximate surface area is 224 Å². The molecule has 0 N–H and O–H groups in total. The molecule has 0 bridgehead atoms. The van der Waals surface area contributed by atoms with Crippen LogP contribution < -0.4 is 4.74 Å². The van der Waals surface area contributed by atoms with E-state index in [0.717, 1.165) is 24.2 Å². The summed E-state index contributed by atoms with van der Waals surface area (Å²) in [6.07, 6.45) is 11.6. The van der Waals surface area contributed by atoms with Crippen molar-refractivity contribution in [2.24, 2.45) is 5.92 Å². The summed E-state index contributed by atoms with van der Waals surface area (Å²) in [6.45, 7) is 14.3. The number of ether oxygens (including phenoxy) is 2. The van der Waals surface area contributed by atoms with Crippen LogP contribution in [0.2, 0.25) is 0 Å². The van der Waals surface area contributed by atoms with E-state index in [0.29, 0.717) is 25.0 Å². The van der Waals surface area contributed by atoms with Gasteiger partial charge in [-0.15, -0.1) is 0 Å². The molecule has 198 valence electrons. The largest absolute Gasteiger partial charge is 0.489 e. The summed E-state index contributed by atoms with van der Waals surface area (Å²) in [7, 11) is 0. The zero-order valence-corrected chi connectivity index (χ0v) is 23.6. The fraction of sp³-hybridized carbons (Fsp3) is 0.500. The maximum atomic E-state index is 11.6. The molecule has 3 nitrogen and oxygen atoms in total. The molecule has 0 amide bonds. The number of hydrogen-bond acceptors (Lipinski definition) is 3. The number of rotatable bonds is 10. The van der Waals surface area contributed by atoms with Crippen LogP contribution >= 0.6 is 0 Å². The maximum absolute atomic E-state index is 11.6. The average molecular weight is 501 g/mol. The lowest BCUT2D eigenvalue weighted by Crippen LogP contribution is -2.34. The van der Waals surface area contributed by atoms with E-state index in [-0.39, 0.29) is 16.8 Å². The van der Waals surface area contributed by atoms with Gasteiger partial charge >= 0.3 is 5.97 Å². The Kier molecular flexibility index (Phi) is 8.31. The zero-order valence-electron chi connectivity index (χ0n) is 23.6. The predicted molar refractivity (Wildman–Crippen MR) is 152 cm³/mol. The maximum Gasteiger partial charge on any atom is 0.330 e. The van der Waals surface area contributed by atoms with Crippen molar-refractivity contribution >= 4 is 5.97 Å². The summed E-state index contributed by atoms with van der Waals surface area (Å²) in [5.74, 6) is 2.04. The smallest absolute Gasteiger partial charge is 0.330 e. The first-order chi connectivity index (χ1) is 17.6. The van der Waals surface area contributed by atoms with E-state index in [1.165, 1.54) is 41.5 Å². The summed E-state index contributed by atoms with van der Waals surface area (Å²) >= 11 is 0. The third-order valence-electron chi connectivity index (χ3n) is 8.26. The molecular weight excluding hydrogens is 456 g/mol. The Balaban J connectivity index is 1.51. The highest BCUT2D eigenvalue weighted by molar-refractivity contribution is 5.83. The Hall–Kier alpha value is -2.81. The Bertz CT molecular complexity index is 1150. The molecule has 0 radical (unpaired) electrons. The molecule has 2 aromatic rings. The van der Waals surface area contributed by atoms with Crippen LogP contribution in [-0.4, -0.2) is 12.6 Å². The van der Waals surface area contributed by atoms with Gasteiger partial charge in [-0.05, 0) is 103 Å². The SMILES string of the molecule is CCOC(=O)C=C(C)C=CCCC1CC1c1cc2c(cc1OCc1ccccc1)C(C)(C)CCC2(C)C. The summed E-state index contributed by atoms with van der Waals surface area (Å²) in [6, 6.07) is 15.4. The molecule has 0 aliphatic heterocycles. The molecular formula is C34H44O3. The topological polar surface area (TPSA) is 35.5 Å². The van der Waals surface area contributed by atoms with Gasteiger partial charge in [-0.1, -0.05) is 76.2 Å². The molecule has 2 atom stereocenters. The molecule has 3 heteroatoms. The summed E-state index contributed by atoms with van der Waals surface area (Å²) in [5.41, 5.74) is 6.85. The van der Waals surface area contributed by atoms with Gasteiger partial charge in [-0.3, -0.25) is 0 Å². The minimum atomic E-state index is -0.270. The van der Waals surface area contributed by atoms with Crippen molar-refractivity contribution in [2.45, 2.75) is 97.0 Å². The van der Waals surface area contributed by atoms with Crippen molar-refractivity contribution in [3.05, 3.63) is 88.5 Å². The molecule has 0 aromatic heterocycles. The molecule has 37 heavy (non-hydrogen) atoms. The van der Waals surface area contributed by atoms with E-state index in [1.54, 1.807) is 6.08 Å². The Morgan fingerprint density at radius 1 is 1.03 bits per heavy atom. The quantitative estimate of drug-likeness (QED) is 0.186. The fourth-order valence-corrected chi connectivity index (χ4v) is 5.71. The highest BCUT2D eigenvalue weighted by atomic mass is 16.5. The monoisotopic (exact) mass is 500 g/mol. The number of esters is 1. The first-order valence-electron chi connectivity index (χ1n) is 14.0. The van der Waals surface area contributed by atoms with Crippen LogP contribution in [0.1, 0.15) is 102 Å². The minimum absolute atomic E-state index is 0.164. The van der Waals surface area contributed by atoms with Crippen LogP contribution in [0.4, 0.5) is 0 Å². The van der Waals surface area contributed by atoms with Gasteiger partial charge in [0.2, 0.25) is 0 Å². The third-order valence-corrected chi connectivity index (χ3v) is 8.26. The second-order valence-electron chi connectivity index (χ2n) is 12.2. The van der Waals surface area contributed by atoms with Crippen molar-refractivity contribution in [3.8, 4) is 5.75 Å².